The zero-order valence-corrected chi connectivity index (χ0v) is 10.7. The van der Waals surface area contributed by atoms with Gasteiger partial charge in [-0.1, -0.05) is 12.1 Å². The Balaban J connectivity index is 1.97. The third-order valence-corrected chi connectivity index (χ3v) is 4.70. The van der Waals surface area contributed by atoms with Crippen molar-refractivity contribution in [1.29, 1.82) is 0 Å². The Hall–Kier alpha value is -1.56. The molecular formula is C12H16N2O3S. The molecule has 1 aromatic carbocycles. The minimum atomic E-state index is -2.86. The van der Waals surface area contributed by atoms with Gasteiger partial charge in [0.2, 0.25) is 5.91 Å². The molecular weight excluding hydrogens is 252 g/mol. The molecule has 1 aromatic rings. The lowest BCUT2D eigenvalue weighted by Gasteiger charge is -2.12. The van der Waals surface area contributed by atoms with Crippen molar-refractivity contribution < 1.29 is 13.2 Å². The van der Waals surface area contributed by atoms with E-state index < -0.39 is 9.84 Å². The van der Waals surface area contributed by atoms with Gasteiger partial charge in [-0.15, -0.1) is 0 Å². The first-order valence-electron chi connectivity index (χ1n) is 5.79. The molecule has 0 radical (unpaired) electrons. The molecule has 0 spiro atoms. The number of nitrogens with one attached hydrogen (secondary N) is 1. The monoisotopic (exact) mass is 268 g/mol. The lowest BCUT2D eigenvalue weighted by molar-refractivity contribution is -0.117. The molecule has 1 unspecified atom stereocenters. The summed E-state index contributed by atoms with van der Waals surface area (Å²) in [7, 11) is -2.86. The molecule has 3 N–H and O–H groups in total. The van der Waals surface area contributed by atoms with E-state index in [4.69, 9.17) is 5.73 Å². The third kappa shape index (κ3) is 3.46. The summed E-state index contributed by atoms with van der Waals surface area (Å²) in [5, 5.41) is 3.18. The summed E-state index contributed by atoms with van der Waals surface area (Å²) >= 11 is 0. The van der Waals surface area contributed by atoms with Gasteiger partial charge in [-0.05, 0) is 24.1 Å². The summed E-state index contributed by atoms with van der Waals surface area (Å²) < 4.78 is 22.6. The Morgan fingerprint density at radius 1 is 1.33 bits per heavy atom. The Kier molecular flexibility index (Phi) is 3.56. The van der Waals surface area contributed by atoms with Crippen LogP contribution in [0.15, 0.2) is 24.3 Å². The summed E-state index contributed by atoms with van der Waals surface area (Å²) in [6, 6.07) is 7.29. The number of rotatable bonds is 4. The molecule has 18 heavy (non-hydrogen) atoms. The lowest BCUT2D eigenvalue weighted by atomic mass is 10.1. The van der Waals surface area contributed by atoms with Gasteiger partial charge in [-0.2, -0.15) is 0 Å². The standard InChI is InChI=1S/C12H16N2O3S/c13-12(15)7-9-1-3-10(4-2-9)14-11-5-6-18(16,17)8-11/h1-4,11,14H,5-8H2,(H2,13,15). The number of sulfone groups is 1. The van der Waals surface area contributed by atoms with E-state index in [9.17, 15) is 13.2 Å². The van der Waals surface area contributed by atoms with Crippen molar-refractivity contribution in [3.8, 4) is 0 Å². The Bertz CT molecular complexity index is 537. The number of hydrogen-bond acceptors (Lipinski definition) is 4. The van der Waals surface area contributed by atoms with E-state index in [1.807, 2.05) is 24.3 Å². The van der Waals surface area contributed by atoms with Gasteiger partial charge < -0.3 is 11.1 Å². The third-order valence-electron chi connectivity index (χ3n) is 2.94. The highest BCUT2D eigenvalue weighted by molar-refractivity contribution is 7.91. The summed E-state index contributed by atoms with van der Waals surface area (Å²) in [5.74, 6) is 0.0816. The molecule has 0 bridgehead atoms. The van der Waals surface area contributed by atoms with Crippen LogP contribution in [0.2, 0.25) is 0 Å². The molecule has 6 heteroatoms. The van der Waals surface area contributed by atoms with Crippen LogP contribution in [0, 0.1) is 0 Å². The smallest absolute Gasteiger partial charge is 0.221 e. The number of nitrogens with two attached hydrogens (primary N) is 1. The van der Waals surface area contributed by atoms with E-state index >= 15 is 0 Å². The van der Waals surface area contributed by atoms with E-state index in [1.54, 1.807) is 0 Å². The molecule has 1 amide bonds. The highest BCUT2D eigenvalue weighted by atomic mass is 32.2. The second kappa shape index (κ2) is 4.97. The Morgan fingerprint density at radius 3 is 2.50 bits per heavy atom. The second-order valence-corrected chi connectivity index (χ2v) is 6.81. The summed E-state index contributed by atoms with van der Waals surface area (Å²) in [6.07, 6.45) is 0.865. The van der Waals surface area contributed by atoms with E-state index in [0.717, 1.165) is 11.3 Å². The quantitative estimate of drug-likeness (QED) is 0.822. The number of carbonyl (C=O) groups is 1. The minimum absolute atomic E-state index is 0.0167. The first-order chi connectivity index (χ1) is 8.44. The Morgan fingerprint density at radius 2 is 2.00 bits per heavy atom. The van der Waals surface area contributed by atoms with Gasteiger partial charge in [0.1, 0.15) is 0 Å². The van der Waals surface area contributed by atoms with Crippen molar-refractivity contribution in [3.05, 3.63) is 29.8 Å². The van der Waals surface area contributed by atoms with Crippen molar-refractivity contribution in [1.82, 2.24) is 0 Å². The number of anilines is 1. The van der Waals surface area contributed by atoms with E-state index in [1.165, 1.54) is 0 Å². The first kappa shape index (κ1) is 12.9. The predicted octanol–water partition coefficient (Wildman–Crippen LogP) is 0.313. The molecule has 1 aliphatic rings. The SMILES string of the molecule is NC(=O)Cc1ccc(NC2CCS(=O)(=O)C2)cc1. The zero-order chi connectivity index (χ0) is 13.2. The van der Waals surface area contributed by atoms with Gasteiger partial charge in [0.15, 0.2) is 9.84 Å². The van der Waals surface area contributed by atoms with Crippen LogP contribution in [-0.2, 0) is 21.1 Å². The van der Waals surface area contributed by atoms with Crippen LogP contribution < -0.4 is 11.1 Å². The van der Waals surface area contributed by atoms with Gasteiger partial charge in [-0.3, -0.25) is 4.79 Å². The minimum Gasteiger partial charge on any atom is -0.381 e. The lowest BCUT2D eigenvalue weighted by Crippen LogP contribution is -2.20. The molecule has 1 saturated heterocycles. The van der Waals surface area contributed by atoms with Crippen molar-refractivity contribution in [2.75, 3.05) is 16.8 Å². The highest BCUT2D eigenvalue weighted by Gasteiger charge is 2.27. The first-order valence-corrected chi connectivity index (χ1v) is 7.61. The van der Waals surface area contributed by atoms with E-state index in [-0.39, 0.29) is 29.9 Å². The second-order valence-electron chi connectivity index (χ2n) is 4.58. The van der Waals surface area contributed by atoms with Crippen LogP contribution in [0.4, 0.5) is 5.69 Å². The highest BCUT2D eigenvalue weighted by Crippen LogP contribution is 2.18. The van der Waals surface area contributed by atoms with Crippen LogP contribution >= 0.6 is 0 Å². The number of amides is 1. The molecule has 0 aromatic heterocycles. The normalized spacial score (nSPS) is 21.7. The maximum Gasteiger partial charge on any atom is 0.221 e. The fourth-order valence-electron chi connectivity index (χ4n) is 2.06. The molecule has 1 aliphatic heterocycles. The predicted molar refractivity (Wildman–Crippen MR) is 70.0 cm³/mol. The molecule has 1 atom stereocenters. The van der Waals surface area contributed by atoms with Crippen LogP contribution in [-0.4, -0.2) is 31.9 Å². The molecule has 1 heterocycles. The van der Waals surface area contributed by atoms with E-state index in [2.05, 4.69) is 5.32 Å². The van der Waals surface area contributed by atoms with Crippen LogP contribution in [0.1, 0.15) is 12.0 Å². The van der Waals surface area contributed by atoms with Gasteiger partial charge >= 0.3 is 0 Å². The van der Waals surface area contributed by atoms with Crippen molar-refractivity contribution in [2.24, 2.45) is 5.73 Å². The van der Waals surface area contributed by atoms with Crippen LogP contribution in [0.5, 0.6) is 0 Å². The maximum absolute atomic E-state index is 11.3. The van der Waals surface area contributed by atoms with Gasteiger partial charge in [-0.25, -0.2) is 8.42 Å². The number of primary amides is 1. The average molecular weight is 268 g/mol. The number of hydrogen-bond donors (Lipinski definition) is 2. The van der Waals surface area contributed by atoms with Crippen molar-refractivity contribution in [2.45, 2.75) is 18.9 Å². The summed E-state index contributed by atoms with van der Waals surface area (Å²) in [5.41, 5.74) is 6.82. The van der Waals surface area contributed by atoms with Crippen molar-refractivity contribution >= 4 is 21.4 Å². The Labute approximate surface area is 106 Å². The fraction of sp³-hybridized carbons (Fsp3) is 0.417. The molecule has 98 valence electrons. The van der Waals surface area contributed by atoms with Crippen molar-refractivity contribution in [3.63, 3.8) is 0 Å². The maximum atomic E-state index is 11.3. The molecule has 2 rings (SSSR count). The van der Waals surface area contributed by atoms with Gasteiger partial charge in [0, 0.05) is 11.7 Å². The summed E-state index contributed by atoms with van der Waals surface area (Å²) in [4.78, 5) is 10.7. The molecule has 0 aliphatic carbocycles. The van der Waals surface area contributed by atoms with Crippen LogP contribution in [0.3, 0.4) is 0 Å². The molecule has 1 fully saturated rings. The number of carbonyl (C=O) groups excluding carboxylic acids is 1. The molecule has 5 nitrogen and oxygen atoms in total. The zero-order valence-electron chi connectivity index (χ0n) is 9.93. The van der Waals surface area contributed by atoms with E-state index in [0.29, 0.717) is 6.42 Å². The largest absolute Gasteiger partial charge is 0.381 e. The van der Waals surface area contributed by atoms with Gasteiger partial charge in [0.05, 0.1) is 17.9 Å². The average Bonchev–Trinajstić information content (AvgIpc) is 2.60. The fourth-order valence-corrected chi connectivity index (χ4v) is 3.74. The summed E-state index contributed by atoms with van der Waals surface area (Å²) in [6.45, 7) is 0. The van der Waals surface area contributed by atoms with Gasteiger partial charge in [0.25, 0.3) is 0 Å². The number of benzene rings is 1. The van der Waals surface area contributed by atoms with Crippen LogP contribution in [0.25, 0.3) is 0 Å². The topological polar surface area (TPSA) is 89.3 Å². The molecule has 0 saturated carbocycles.